The zero-order valence-corrected chi connectivity index (χ0v) is 18.2. The number of fused-ring (bicyclic) bond motifs is 1. The number of nitrogens with zero attached hydrogens (tertiary/aromatic N) is 1. The fourth-order valence-corrected chi connectivity index (χ4v) is 4.39. The van der Waals surface area contributed by atoms with Crippen molar-refractivity contribution in [2.45, 2.75) is 32.7 Å². The molecule has 2 heterocycles. The molecule has 1 N–H and O–H groups in total. The van der Waals surface area contributed by atoms with Gasteiger partial charge in [-0.2, -0.15) is 0 Å². The van der Waals surface area contributed by atoms with Gasteiger partial charge in [0.05, 0.1) is 12.7 Å². The summed E-state index contributed by atoms with van der Waals surface area (Å²) in [6.45, 7) is 5.24. The number of halogens is 2. The topological polar surface area (TPSA) is 43.3 Å². The second-order valence-corrected chi connectivity index (χ2v) is 7.89. The van der Waals surface area contributed by atoms with Crippen LogP contribution in [0.3, 0.4) is 0 Å². The molecule has 1 aromatic heterocycles. The van der Waals surface area contributed by atoms with Gasteiger partial charge in [-0.3, -0.25) is 0 Å². The molecule has 1 aliphatic heterocycles. The summed E-state index contributed by atoms with van der Waals surface area (Å²) in [5.41, 5.74) is 5.07. The van der Waals surface area contributed by atoms with Gasteiger partial charge in [0.1, 0.15) is 5.82 Å². The number of hydrogen-bond acceptors (Lipinski definition) is 3. The van der Waals surface area contributed by atoms with Gasteiger partial charge in [0.15, 0.2) is 0 Å². The maximum absolute atomic E-state index is 14.1. The second-order valence-electron chi connectivity index (χ2n) is 7.89. The number of aromatic nitrogens is 1. The number of methoxy groups -OCH3 is 1. The van der Waals surface area contributed by atoms with Gasteiger partial charge in [0.25, 0.3) is 0 Å². The molecule has 0 spiro atoms. The second kappa shape index (κ2) is 9.63. The van der Waals surface area contributed by atoms with E-state index in [1.807, 2.05) is 18.2 Å². The lowest BCUT2D eigenvalue weighted by Gasteiger charge is -2.24. The Labute approximate surface area is 182 Å². The molecule has 0 aliphatic carbocycles. The molecule has 0 radical (unpaired) electrons. The van der Waals surface area contributed by atoms with Crippen LogP contribution in [0.25, 0.3) is 10.9 Å². The molecule has 1 saturated heterocycles. The van der Waals surface area contributed by atoms with Crippen molar-refractivity contribution in [3.63, 3.8) is 0 Å². The van der Waals surface area contributed by atoms with Crippen molar-refractivity contribution in [1.29, 1.82) is 0 Å². The van der Waals surface area contributed by atoms with Crippen molar-refractivity contribution < 1.29 is 13.9 Å². The number of rotatable bonds is 5. The minimum atomic E-state index is -0.339. The maximum atomic E-state index is 14.1. The highest BCUT2D eigenvalue weighted by molar-refractivity contribution is 5.89. The van der Waals surface area contributed by atoms with Crippen molar-refractivity contribution in [3.05, 3.63) is 70.7 Å². The molecular weight excluding hydrogens is 403 g/mol. The van der Waals surface area contributed by atoms with Crippen molar-refractivity contribution in [2.24, 2.45) is 5.92 Å². The van der Waals surface area contributed by atoms with Gasteiger partial charge in [-0.15, -0.1) is 12.4 Å². The summed E-state index contributed by atoms with van der Waals surface area (Å²) in [7, 11) is 1.38. The van der Waals surface area contributed by atoms with Crippen molar-refractivity contribution in [3.8, 4) is 0 Å². The van der Waals surface area contributed by atoms with E-state index in [1.165, 1.54) is 25.6 Å². The van der Waals surface area contributed by atoms with Crippen LogP contribution in [0.4, 0.5) is 4.39 Å². The van der Waals surface area contributed by atoms with Crippen LogP contribution in [-0.2, 0) is 17.7 Å². The summed E-state index contributed by atoms with van der Waals surface area (Å²) in [5, 5.41) is 4.40. The molecule has 160 valence electrons. The molecule has 6 heteroatoms. The number of nitrogens with one attached hydrogen (secondary N) is 1. The number of hydrogen-bond donors (Lipinski definition) is 1. The van der Waals surface area contributed by atoms with E-state index in [0.717, 1.165) is 41.7 Å². The average molecular weight is 431 g/mol. The lowest BCUT2D eigenvalue weighted by atomic mass is 9.98. The Morgan fingerprint density at radius 1 is 1.17 bits per heavy atom. The molecule has 4 nitrogen and oxygen atoms in total. The zero-order chi connectivity index (χ0) is 20.4. The van der Waals surface area contributed by atoms with Crippen LogP contribution < -0.4 is 5.32 Å². The van der Waals surface area contributed by atoms with E-state index in [-0.39, 0.29) is 24.2 Å². The highest BCUT2D eigenvalue weighted by atomic mass is 35.5. The quantitative estimate of drug-likeness (QED) is 0.586. The number of benzene rings is 2. The van der Waals surface area contributed by atoms with E-state index in [2.05, 4.69) is 16.8 Å². The summed E-state index contributed by atoms with van der Waals surface area (Å²) in [5.74, 6) is 0.0926. The number of piperidine rings is 1. The minimum Gasteiger partial charge on any atom is -0.465 e. The van der Waals surface area contributed by atoms with Crippen LogP contribution in [0.2, 0.25) is 0 Å². The number of carbonyl (C=O) groups is 1. The Morgan fingerprint density at radius 2 is 1.87 bits per heavy atom. The molecule has 0 amide bonds. The maximum Gasteiger partial charge on any atom is 0.337 e. The fraction of sp³-hybridized carbons (Fsp3) is 0.375. The van der Waals surface area contributed by atoms with E-state index < -0.39 is 0 Å². The van der Waals surface area contributed by atoms with Gasteiger partial charge in [0, 0.05) is 23.1 Å². The normalized spacial score (nSPS) is 14.5. The van der Waals surface area contributed by atoms with E-state index >= 15 is 0 Å². The largest absolute Gasteiger partial charge is 0.465 e. The standard InChI is InChI=1S/C24H27FN2O2.ClH/c1-16-21(13-17-3-5-19(6-4-17)24(28)29-2)22-14-20(25)7-8-23(22)27(16)15-18-9-11-26-12-10-18;/h3-8,14,18,26H,9-13,15H2,1-2H3;1H. The predicted molar refractivity (Wildman–Crippen MR) is 120 cm³/mol. The molecule has 0 unspecified atom stereocenters. The van der Waals surface area contributed by atoms with Crippen LogP contribution in [0.15, 0.2) is 42.5 Å². The first-order valence-electron chi connectivity index (χ1n) is 10.2. The molecule has 1 aliphatic rings. The Balaban J connectivity index is 0.00000256. The first-order chi connectivity index (χ1) is 14.1. The molecule has 3 aromatic rings. The van der Waals surface area contributed by atoms with Crippen LogP contribution in [0, 0.1) is 18.7 Å². The third kappa shape index (κ3) is 4.52. The van der Waals surface area contributed by atoms with Gasteiger partial charge < -0.3 is 14.6 Å². The molecule has 2 aromatic carbocycles. The van der Waals surface area contributed by atoms with E-state index in [1.54, 1.807) is 24.3 Å². The Bertz CT molecular complexity index is 1020. The first-order valence-corrected chi connectivity index (χ1v) is 10.2. The van der Waals surface area contributed by atoms with Gasteiger partial charge >= 0.3 is 5.97 Å². The van der Waals surface area contributed by atoms with Crippen molar-refractivity contribution >= 4 is 29.3 Å². The number of ether oxygens (including phenoxy) is 1. The molecule has 4 rings (SSSR count). The van der Waals surface area contributed by atoms with Crippen molar-refractivity contribution in [1.82, 2.24) is 9.88 Å². The third-order valence-electron chi connectivity index (χ3n) is 6.07. The Hall–Kier alpha value is -2.37. The third-order valence-corrected chi connectivity index (χ3v) is 6.07. The molecule has 0 saturated carbocycles. The predicted octanol–water partition coefficient (Wildman–Crippen LogP) is 4.89. The number of esters is 1. The lowest BCUT2D eigenvalue weighted by molar-refractivity contribution is 0.0600. The fourth-order valence-electron chi connectivity index (χ4n) is 4.39. The Morgan fingerprint density at radius 3 is 2.53 bits per heavy atom. The highest BCUT2D eigenvalue weighted by Crippen LogP contribution is 2.31. The molecule has 30 heavy (non-hydrogen) atoms. The smallest absolute Gasteiger partial charge is 0.337 e. The van der Waals surface area contributed by atoms with Crippen LogP contribution >= 0.6 is 12.4 Å². The monoisotopic (exact) mass is 430 g/mol. The van der Waals surface area contributed by atoms with Gasteiger partial charge in [-0.25, -0.2) is 9.18 Å². The van der Waals surface area contributed by atoms with E-state index in [4.69, 9.17) is 4.74 Å². The van der Waals surface area contributed by atoms with E-state index in [9.17, 15) is 9.18 Å². The Kier molecular flexibility index (Phi) is 7.16. The summed E-state index contributed by atoms with van der Waals surface area (Å²) in [6.07, 6.45) is 3.04. The van der Waals surface area contributed by atoms with E-state index in [0.29, 0.717) is 17.9 Å². The highest BCUT2D eigenvalue weighted by Gasteiger charge is 2.20. The summed E-state index contributed by atoms with van der Waals surface area (Å²) >= 11 is 0. The van der Waals surface area contributed by atoms with Gasteiger partial charge in [-0.1, -0.05) is 12.1 Å². The minimum absolute atomic E-state index is 0. The average Bonchev–Trinajstić information content (AvgIpc) is 2.99. The van der Waals surface area contributed by atoms with Gasteiger partial charge in [0.2, 0.25) is 0 Å². The number of carbonyl (C=O) groups excluding carboxylic acids is 1. The summed E-state index contributed by atoms with van der Waals surface area (Å²) < 4.78 is 21.2. The molecule has 0 bridgehead atoms. The SMILES string of the molecule is COC(=O)c1ccc(Cc2c(C)n(CC3CCNCC3)c3ccc(F)cc23)cc1.Cl. The lowest BCUT2D eigenvalue weighted by Crippen LogP contribution is -2.30. The summed E-state index contributed by atoms with van der Waals surface area (Å²) in [4.78, 5) is 11.7. The molecular formula is C24H28ClFN2O2. The van der Waals surface area contributed by atoms with Gasteiger partial charge in [-0.05, 0) is 86.7 Å². The van der Waals surface area contributed by atoms with Crippen LogP contribution in [0.1, 0.15) is 40.0 Å². The van der Waals surface area contributed by atoms with Crippen LogP contribution in [0.5, 0.6) is 0 Å². The van der Waals surface area contributed by atoms with Crippen molar-refractivity contribution in [2.75, 3.05) is 20.2 Å². The van der Waals surface area contributed by atoms with Crippen LogP contribution in [-0.4, -0.2) is 30.7 Å². The molecule has 0 atom stereocenters. The zero-order valence-electron chi connectivity index (χ0n) is 17.4. The summed E-state index contributed by atoms with van der Waals surface area (Å²) in [6, 6.07) is 12.6. The molecule has 1 fully saturated rings. The first kappa shape index (κ1) is 22.3.